The number of ether oxygens (including phenoxy) is 1. The van der Waals surface area contributed by atoms with E-state index in [4.69, 9.17) is 17.0 Å². The molecule has 0 saturated carbocycles. The molecule has 1 aromatic heterocycles. The van der Waals surface area contributed by atoms with Crippen LogP contribution in [0.1, 0.15) is 12.7 Å². The summed E-state index contributed by atoms with van der Waals surface area (Å²) < 4.78 is 8.36. The third-order valence-corrected chi connectivity index (χ3v) is 3.39. The standard InChI is InChI=1S/C16H15N3OS/c1-2-15-17-18-16(21)19(15)12-7-6-10-14(11-12)20-13-8-4-3-5-9-13/h3-11H,2H2,1H3,(H,18,21). The van der Waals surface area contributed by atoms with Gasteiger partial charge in [-0.2, -0.15) is 5.10 Å². The zero-order valence-electron chi connectivity index (χ0n) is 11.6. The van der Waals surface area contributed by atoms with Gasteiger partial charge in [-0.05, 0) is 36.5 Å². The Morgan fingerprint density at radius 3 is 2.62 bits per heavy atom. The van der Waals surface area contributed by atoms with Crippen LogP contribution in [0.15, 0.2) is 54.6 Å². The highest BCUT2D eigenvalue weighted by atomic mass is 32.1. The number of aromatic nitrogens is 3. The second-order valence-corrected chi connectivity index (χ2v) is 4.93. The van der Waals surface area contributed by atoms with Crippen LogP contribution in [0.3, 0.4) is 0 Å². The molecule has 0 aliphatic rings. The topological polar surface area (TPSA) is 42.8 Å². The summed E-state index contributed by atoms with van der Waals surface area (Å²) in [4.78, 5) is 0. The summed E-state index contributed by atoms with van der Waals surface area (Å²) in [5.74, 6) is 2.47. The van der Waals surface area contributed by atoms with Gasteiger partial charge < -0.3 is 4.74 Å². The van der Waals surface area contributed by atoms with Crippen molar-refractivity contribution in [1.29, 1.82) is 0 Å². The number of rotatable bonds is 4. The van der Waals surface area contributed by atoms with Crippen molar-refractivity contribution in [3.63, 3.8) is 0 Å². The molecule has 0 saturated heterocycles. The highest BCUT2D eigenvalue weighted by Gasteiger charge is 2.07. The lowest BCUT2D eigenvalue weighted by Crippen LogP contribution is -2.00. The molecule has 0 fully saturated rings. The van der Waals surface area contributed by atoms with Crippen LogP contribution >= 0.6 is 12.2 Å². The molecule has 0 spiro atoms. The third kappa shape index (κ3) is 2.87. The van der Waals surface area contributed by atoms with E-state index in [1.807, 2.05) is 66.1 Å². The van der Waals surface area contributed by atoms with Gasteiger partial charge in [-0.1, -0.05) is 31.2 Å². The highest BCUT2D eigenvalue weighted by molar-refractivity contribution is 7.71. The van der Waals surface area contributed by atoms with Crippen molar-refractivity contribution in [1.82, 2.24) is 14.8 Å². The van der Waals surface area contributed by atoms with Crippen LogP contribution in [0.4, 0.5) is 0 Å². The molecule has 0 bridgehead atoms. The van der Waals surface area contributed by atoms with Crippen molar-refractivity contribution in [2.45, 2.75) is 13.3 Å². The fourth-order valence-electron chi connectivity index (χ4n) is 2.14. The molecule has 4 nitrogen and oxygen atoms in total. The summed E-state index contributed by atoms with van der Waals surface area (Å²) in [5.41, 5.74) is 0.944. The monoisotopic (exact) mass is 297 g/mol. The predicted molar refractivity (Wildman–Crippen MR) is 84.6 cm³/mol. The average Bonchev–Trinajstić information content (AvgIpc) is 2.89. The number of H-pyrrole nitrogens is 1. The van der Waals surface area contributed by atoms with Gasteiger partial charge in [0.05, 0.1) is 5.69 Å². The normalized spacial score (nSPS) is 10.5. The van der Waals surface area contributed by atoms with Gasteiger partial charge in [0.2, 0.25) is 0 Å². The third-order valence-electron chi connectivity index (χ3n) is 3.11. The Balaban J connectivity index is 1.97. The van der Waals surface area contributed by atoms with Crippen LogP contribution < -0.4 is 4.74 Å². The van der Waals surface area contributed by atoms with Gasteiger partial charge in [0, 0.05) is 12.5 Å². The summed E-state index contributed by atoms with van der Waals surface area (Å²) in [5, 5.41) is 7.06. The van der Waals surface area contributed by atoms with Gasteiger partial charge in [0.1, 0.15) is 17.3 Å². The maximum absolute atomic E-state index is 5.85. The molecule has 0 unspecified atom stereocenters. The van der Waals surface area contributed by atoms with Crippen molar-refractivity contribution in [3.8, 4) is 17.2 Å². The maximum Gasteiger partial charge on any atom is 0.199 e. The number of aryl methyl sites for hydroxylation is 1. The van der Waals surface area contributed by atoms with E-state index < -0.39 is 0 Å². The zero-order valence-corrected chi connectivity index (χ0v) is 12.4. The Morgan fingerprint density at radius 1 is 1.10 bits per heavy atom. The first-order chi connectivity index (χ1) is 10.3. The van der Waals surface area contributed by atoms with Crippen LogP contribution in [0.5, 0.6) is 11.5 Å². The zero-order chi connectivity index (χ0) is 14.7. The highest BCUT2D eigenvalue weighted by Crippen LogP contribution is 2.24. The smallest absolute Gasteiger partial charge is 0.199 e. The van der Waals surface area contributed by atoms with Crippen molar-refractivity contribution in [3.05, 3.63) is 65.2 Å². The maximum atomic E-state index is 5.85. The van der Waals surface area contributed by atoms with E-state index in [0.717, 1.165) is 29.4 Å². The molecule has 0 amide bonds. The van der Waals surface area contributed by atoms with Gasteiger partial charge in [0.15, 0.2) is 4.77 Å². The molecular formula is C16H15N3OS. The molecule has 3 aromatic rings. The number of nitrogens with one attached hydrogen (secondary N) is 1. The Labute approximate surface area is 128 Å². The number of para-hydroxylation sites is 1. The molecule has 1 N–H and O–H groups in total. The SMILES string of the molecule is CCc1n[nH]c(=S)n1-c1cccc(Oc2ccccc2)c1. The average molecular weight is 297 g/mol. The van der Waals surface area contributed by atoms with E-state index in [-0.39, 0.29) is 0 Å². The van der Waals surface area contributed by atoms with Gasteiger partial charge in [-0.15, -0.1) is 0 Å². The van der Waals surface area contributed by atoms with E-state index in [9.17, 15) is 0 Å². The molecule has 21 heavy (non-hydrogen) atoms. The number of aromatic amines is 1. The van der Waals surface area contributed by atoms with E-state index in [1.165, 1.54) is 0 Å². The molecule has 106 valence electrons. The first-order valence-corrected chi connectivity index (χ1v) is 7.18. The first-order valence-electron chi connectivity index (χ1n) is 6.77. The van der Waals surface area contributed by atoms with E-state index in [2.05, 4.69) is 10.2 Å². The Kier molecular flexibility index (Phi) is 3.83. The predicted octanol–water partition coefficient (Wildman–Crippen LogP) is 4.28. The van der Waals surface area contributed by atoms with Crippen molar-refractivity contribution >= 4 is 12.2 Å². The second kappa shape index (κ2) is 5.93. The summed E-state index contributed by atoms with van der Waals surface area (Å²) in [6.45, 7) is 2.05. The molecule has 5 heteroatoms. The lowest BCUT2D eigenvalue weighted by Gasteiger charge is -2.09. The number of hydrogen-bond acceptors (Lipinski definition) is 3. The quantitative estimate of drug-likeness (QED) is 0.731. The molecule has 0 aliphatic heterocycles. The molecule has 0 aliphatic carbocycles. The van der Waals surface area contributed by atoms with E-state index >= 15 is 0 Å². The summed E-state index contributed by atoms with van der Waals surface area (Å²) in [7, 11) is 0. The van der Waals surface area contributed by atoms with Crippen molar-refractivity contribution in [2.24, 2.45) is 0 Å². The molecule has 3 rings (SSSR count). The van der Waals surface area contributed by atoms with Gasteiger partial charge in [-0.25, -0.2) is 0 Å². The molecule has 1 heterocycles. The fourth-order valence-corrected chi connectivity index (χ4v) is 2.40. The summed E-state index contributed by atoms with van der Waals surface area (Å²) >= 11 is 5.30. The molecule has 2 aromatic carbocycles. The lowest BCUT2D eigenvalue weighted by molar-refractivity contribution is 0.482. The second-order valence-electron chi connectivity index (χ2n) is 4.55. The Hall–Kier alpha value is -2.40. The van der Waals surface area contributed by atoms with Crippen LogP contribution in [0, 0.1) is 4.77 Å². The first kappa shape index (κ1) is 13.6. The van der Waals surface area contributed by atoms with Crippen LogP contribution in [0.2, 0.25) is 0 Å². The number of nitrogens with zero attached hydrogens (tertiary/aromatic N) is 2. The molecular weight excluding hydrogens is 282 g/mol. The molecule has 0 radical (unpaired) electrons. The van der Waals surface area contributed by atoms with E-state index in [0.29, 0.717) is 4.77 Å². The summed E-state index contributed by atoms with van der Waals surface area (Å²) in [6, 6.07) is 17.5. The van der Waals surface area contributed by atoms with Gasteiger partial charge in [0.25, 0.3) is 0 Å². The number of benzene rings is 2. The van der Waals surface area contributed by atoms with Gasteiger partial charge >= 0.3 is 0 Å². The minimum Gasteiger partial charge on any atom is -0.457 e. The lowest BCUT2D eigenvalue weighted by atomic mass is 10.3. The van der Waals surface area contributed by atoms with Gasteiger partial charge in [-0.3, -0.25) is 9.67 Å². The molecule has 0 atom stereocenters. The van der Waals surface area contributed by atoms with Crippen molar-refractivity contribution in [2.75, 3.05) is 0 Å². The Morgan fingerprint density at radius 2 is 1.86 bits per heavy atom. The van der Waals surface area contributed by atoms with Crippen LogP contribution in [0.25, 0.3) is 5.69 Å². The minimum atomic E-state index is 0.587. The van der Waals surface area contributed by atoms with Crippen molar-refractivity contribution < 1.29 is 4.74 Å². The largest absolute Gasteiger partial charge is 0.457 e. The number of hydrogen-bond donors (Lipinski definition) is 1. The minimum absolute atomic E-state index is 0.587. The van der Waals surface area contributed by atoms with E-state index in [1.54, 1.807) is 0 Å². The van der Waals surface area contributed by atoms with Crippen LogP contribution in [-0.4, -0.2) is 14.8 Å². The Bertz CT molecular complexity index is 793. The summed E-state index contributed by atoms with van der Waals surface area (Å²) in [6.07, 6.45) is 0.802. The van der Waals surface area contributed by atoms with Crippen LogP contribution in [-0.2, 0) is 6.42 Å². The fraction of sp³-hybridized carbons (Fsp3) is 0.125.